The molecule has 0 atom stereocenters. The summed E-state index contributed by atoms with van der Waals surface area (Å²) in [6.07, 6.45) is 6.25. The van der Waals surface area contributed by atoms with Crippen LogP contribution in [0.15, 0.2) is 30.5 Å². The van der Waals surface area contributed by atoms with Crippen LogP contribution in [0.4, 0.5) is 4.39 Å². The minimum atomic E-state index is -0.739. The van der Waals surface area contributed by atoms with Gasteiger partial charge in [0.25, 0.3) is 0 Å². The minimum absolute atomic E-state index is 0.148. The molecular formula is C20H24FN3O2S. The number of aliphatic carboxylic acids is 1. The standard InChI is InChI=1S/C20H24FN3O2S/c21-18-4-2-1-3-17(18)20-23-10-16(27-20)9-22-14-7-15(8-14)24(12-19(25)26)11-13-5-6-13/h1-4,10,13-15,22H,5-9,11-12H2,(H,25,26). The lowest BCUT2D eigenvalue weighted by Crippen LogP contribution is -2.54. The molecule has 0 bridgehead atoms. The number of hydrogen-bond donors (Lipinski definition) is 2. The highest BCUT2D eigenvalue weighted by atomic mass is 32.1. The first-order valence-corrected chi connectivity index (χ1v) is 10.3. The van der Waals surface area contributed by atoms with Crippen molar-refractivity contribution < 1.29 is 14.3 Å². The van der Waals surface area contributed by atoms with Gasteiger partial charge in [-0.15, -0.1) is 11.3 Å². The van der Waals surface area contributed by atoms with Crippen LogP contribution in [0.3, 0.4) is 0 Å². The molecule has 2 fully saturated rings. The Balaban J connectivity index is 1.26. The van der Waals surface area contributed by atoms with E-state index < -0.39 is 5.97 Å². The van der Waals surface area contributed by atoms with Gasteiger partial charge in [-0.3, -0.25) is 9.69 Å². The largest absolute Gasteiger partial charge is 0.480 e. The van der Waals surface area contributed by atoms with Gasteiger partial charge in [-0.1, -0.05) is 12.1 Å². The number of rotatable bonds is 9. The molecule has 4 rings (SSSR count). The van der Waals surface area contributed by atoms with Crippen molar-refractivity contribution in [2.45, 2.75) is 44.3 Å². The number of nitrogens with one attached hydrogen (secondary N) is 1. The summed E-state index contributed by atoms with van der Waals surface area (Å²) in [5, 5.41) is 13.4. The van der Waals surface area contributed by atoms with Crippen molar-refractivity contribution in [1.82, 2.24) is 15.2 Å². The van der Waals surface area contributed by atoms with Crippen LogP contribution in [-0.4, -0.2) is 46.1 Å². The zero-order valence-corrected chi connectivity index (χ0v) is 15.9. The highest BCUT2D eigenvalue weighted by molar-refractivity contribution is 7.15. The predicted octanol–water partition coefficient (Wildman–Crippen LogP) is 3.37. The van der Waals surface area contributed by atoms with Crippen LogP contribution < -0.4 is 5.32 Å². The van der Waals surface area contributed by atoms with Gasteiger partial charge in [-0.2, -0.15) is 0 Å². The summed E-state index contributed by atoms with van der Waals surface area (Å²) < 4.78 is 13.9. The maximum Gasteiger partial charge on any atom is 0.317 e. The fourth-order valence-corrected chi connectivity index (χ4v) is 4.48. The Labute approximate surface area is 162 Å². The fraction of sp³-hybridized carbons (Fsp3) is 0.500. The molecular weight excluding hydrogens is 365 g/mol. The average molecular weight is 389 g/mol. The highest BCUT2D eigenvalue weighted by Crippen LogP contribution is 2.34. The molecule has 7 heteroatoms. The van der Waals surface area contributed by atoms with E-state index in [2.05, 4.69) is 15.2 Å². The predicted molar refractivity (Wildman–Crippen MR) is 103 cm³/mol. The van der Waals surface area contributed by atoms with E-state index in [1.54, 1.807) is 18.3 Å². The molecule has 2 aromatic rings. The van der Waals surface area contributed by atoms with E-state index >= 15 is 0 Å². The van der Waals surface area contributed by atoms with Crippen LogP contribution in [0.5, 0.6) is 0 Å². The zero-order chi connectivity index (χ0) is 18.8. The first-order chi connectivity index (χ1) is 13.1. The van der Waals surface area contributed by atoms with E-state index in [1.165, 1.54) is 30.2 Å². The number of carboxylic acids is 1. The SMILES string of the molecule is O=C(O)CN(CC1CC1)C1CC(NCc2cnc(-c3ccccc3F)s2)C1. The number of aromatic nitrogens is 1. The minimum Gasteiger partial charge on any atom is -0.480 e. The monoisotopic (exact) mass is 389 g/mol. The third kappa shape index (κ3) is 4.72. The van der Waals surface area contributed by atoms with Crippen molar-refractivity contribution in [3.05, 3.63) is 41.2 Å². The molecule has 1 aromatic heterocycles. The van der Waals surface area contributed by atoms with Crippen LogP contribution >= 0.6 is 11.3 Å². The second kappa shape index (κ2) is 8.04. The van der Waals surface area contributed by atoms with Crippen molar-refractivity contribution >= 4 is 17.3 Å². The second-order valence-corrected chi connectivity index (χ2v) is 8.70. The Kier molecular flexibility index (Phi) is 5.52. The van der Waals surface area contributed by atoms with Crippen LogP contribution in [-0.2, 0) is 11.3 Å². The van der Waals surface area contributed by atoms with E-state index in [0.717, 1.165) is 24.3 Å². The number of benzene rings is 1. The lowest BCUT2D eigenvalue weighted by atomic mass is 9.85. The van der Waals surface area contributed by atoms with Crippen molar-refractivity contribution in [2.75, 3.05) is 13.1 Å². The smallest absolute Gasteiger partial charge is 0.317 e. The molecule has 1 heterocycles. The van der Waals surface area contributed by atoms with Gasteiger partial charge in [0.2, 0.25) is 0 Å². The second-order valence-electron chi connectivity index (χ2n) is 7.58. The van der Waals surface area contributed by atoms with Gasteiger partial charge < -0.3 is 10.4 Å². The summed E-state index contributed by atoms with van der Waals surface area (Å²) in [5.41, 5.74) is 0.543. The molecule has 2 N–H and O–H groups in total. The van der Waals surface area contributed by atoms with Crippen molar-refractivity contribution in [2.24, 2.45) is 5.92 Å². The van der Waals surface area contributed by atoms with Crippen LogP contribution in [0.1, 0.15) is 30.6 Å². The van der Waals surface area contributed by atoms with Gasteiger partial charge in [0.15, 0.2) is 0 Å². The lowest BCUT2D eigenvalue weighted by molar-refractivity contribution is -0.139. The van der Waals surface area contributed by atoms with Crippen LogP contribution in [0.2, 0.25) is 0 Å². The zero-order valence-electron chi connectivity index (χ0n) is 15.1. The summed E-state index contributed by atoms with van der Waals surface area (Å²) >= 11 is 1.51. The normalized spacial score (nSPS) is 22.0. The first kappa shape index (κ1) is 18.5. The van der Waals surface area contributed by atoms with Gasteiger partial charge in [0, 0.05) is 41.8 Å². The molecule has 2 saturated carbocycles. The molecule has 2 aliphatic carbocycles. The van der Waals surface area contributed by atoms with E-state index in [1.807, 2.05) is 6.07 Å². The molecule has 0 aliphatic heterocycles. The Morgan fingerprint density at radius 2 is 2.11 bits per heavy atom. The number of halogens is 1. The number of nitrogens with zero attached hydrogens (tertiary/aromatic N) is 2. The number of hydrogen-bond acceptors (Lipinski definition) is 5. The third-order valence-corrected chi connectivity index (χ3v) is 6.41. The molecule has 0 saturated heterocycles. The maximum absolute atomic E-state index is 13.9. The Bertz CT molecular complexity index is 802. The molecule has 0 spiro atoms. The Morgan fingerprint density at radius 1 is 1.33 bits per heavy atom. The molecule has 2 aliphatic rings. The topological polar surface area (TPSA) is 65.5 Å². The lowest BCUT2D eigenvalue weighted by Gasteiger charge is -2.43. The molecule has 144 valence electrons. The molecule has 1 aromatic carbocycles. The van der Waals surface area contributed by atoms with Gasteiger partial charge in [-0.25, -0.2) is 9.37 Å². The van der Waals surface area contributed by atoms with E-state index in [0.29, 0.717) is 35.1 Å². The van der Waals surface area contributed by atoms with Crippen LogP contribution in [0.25, 0.3) is 10.6 Å². The quantitative estimate of drug-likeness (QED) is 0.688. The molecule has 0 unspecified atom stereocenters. The van der Waals surface area contributed by atoms with Crippen molar-refractivity contribution in [3.8, 4) is 10.6 Å². The summed E-state index contributed by atoms with van der Waals surface area (Å²) in [6.45, 7) is 1.78. The number of thiazole rings is 1. The van der Waals surface area contributed by atoms with Gasteiger partial charge in [0.1, 0.15) is 10.8 Å². The van der Waals surface area contributed by atoms with Crippen LogP contribution in [0, 0.1) is 11.7 Å². The maximum atomic E-state index is 13.9. The van der Waals surface area contributed by atoms with Gasteiger partial charge >= 0.3 is 5.97 Å². The summed E-state index contributed by atoms with van der Waals surface area (Å²) in [6, 6.07) is 7.47. The molecule has 5 nitrogen and oxygen atoms in total. The summed E-state index contributed by atoms with van der Waals surface area (Å²) in [7, 11) is 0. The fourth-order valence-electron chi connectivity index (χ4n) is 3.59. The van der Waals surface area contributed by atoms with Crippen molar-refractivity contribution in [3.63, 3.8) is 0 Å². The van der Waals surface area contributed by atoms with E-state index in [4.69, 9.17) is 5.11 Å². The number of carboxylic acid groups (broad SMARTS) is 1. The van der Waals surface area contributed by atoms with Gasteiger partial charge in [0.05, 0.1) is 6.54 Å². The summed E-state index contributed by atoms with van der Waals surface area (Å²) in [4.78, 5) is 18.7. The molecule has 27 heavy (non-hydrogen) atoms. The summed E-state index contributed by atoms with van der Waals surface area (Å²) in [5.74, 6) is -0.287. The van der Waals surface area contributed by atoms with Gasteiger partial charge in [-0.05, 0) is 43.7 Å². The average Bonchev–Trinajstić information content (AvgIpc) is 3.28. The van der Waals surface area contributed by atoms with E-state index in [9.17, 15) is 9.18 Å². The molecule has 0 radical (unpaired) electrons. The highest BCUT2D eigenvalue weighted by Gasteiger charge is 2.36. The molecule has 0 amide bonds. The Hall–Kier alpha value is -1.83. The van der Waals surface area contributed by atoms with E-state index in [-0.39, 0.29) is 12.4 Å². The number of carbonyl (C=O) groups is 1. The Morgan fingerprint density at radius 3 is 2.81 bits per heavy atom. The first-order valence-electron chi connectivity index (χ1n) is 9.47. The van der Waals surface area contributed by atoms with Crippen molar-refractivity contribution in [1.29, 1.82) is 0 Å². The third-order valence-electron chi connectivity index (χ3n) is 5.38.